The van der Waals surface area contributed by atoms with Crippen LogP contribution in [0, 0.1) is 0 Å². The van der Waals surface area contributed by atoms with Crippen LogP contribution in [-0.4, -0.2) is 109 Å². The van der Waals surface area contributed by atoms with Crippen molar-refractivity contribution < 1.29 is 24.3 Å². The van der Waals surface area contributed by atoms with Crippen molar-refractivity contribution in [3.63, 3.8) is 0 Å². The third-order valence-electron chi connectivity index (χ3n) is 8.82. The van der Waals surface area contributed by atoms with Crippen LogP contribution in [0.4, 0.5) is 23.0 Å². The molecule has 6 N–H and O–H groups in total. The summed E-state index contributed by atoms with van der Waals surface area (Å²) in [6, 6.07) is 13.3. The summed E-state index contributed by atoms with van der Waals surface area (Å²) in [6.07, 6.45) is 2.36. The van der Waals surface area contributed by atoms with Gasteiger partial charge in [0.15, 0.2) is 17.3 Å². The average Bonchev–Trinajstić information content (AvgIpc) is 3.11. The number of aryl methyl sites for hydroxylation is 1. The van der Waals surface area contributed by atoms with Crippen molar-refractivity contribution in [2.45, 2.75) is 38.8 Å². The molecule has 3 heterocycles. The predicted molar refractivity (Wildman–Crippen MR) is 184 cm³/mol. The van der Waals surface area contributed by atoms with E-state index < -0.39 is 11.8 Å². The molecule has 14 nitrogen and oxygen atoms in total. The average molecular weight is 662 g/mol. The van der Waals surface area contributed by atoms with E-state index in [1.165, 1.54) is 0 Å². The number of nitrogens with zero attached hydrogens (tertiary/aromatic N) is 5. The number of rotatable bonds is 14. The number of nitrogens with two attached hydrogens (primary N) is 1. The van der Waals surface area contributed by atoms with E-state index in [1.54, 1.807) is 24.7 Å². The number of primary amides is 1. The van der Waals surface area contributed by atoms with Crippen LogP contribution in [0.15, 0.2) is 42.5 Å². The van der Waals surface area contributed by atoms with Gasteiger partial charge in [0.25, 0.3) is 11.8 Å². The number of benzene rings is 2. The summed E-state index contributed by atoms with van der Waals surface area (Å²) in [5, 5.41) is 15.6. The molecule has 14 heteroatoms. The van der Waals surface area contributed by atoms with Crippen molar-refractivity contribution in [3.8, 4) is 5.75 Å². The highest BCUT2D eigenvalue weighted by Gasteiger charge is 2.23. The standard InChI is InChI=1S/C34H47N9O5/c1-4-27-32(36-25-11-19-48-20-12-25)39-33(30(38-27)31(35)44)37-26-9-10-28(29(21-26)47-3)43-17-15-42(16-18-43)14-13-41(2)22-23-5-7-24(8-6-23)34(45)40-46/h5-10,21,25,46H,4,11-20,22H2,1-3H3,(H2,35,44)(H,40,45)(H2,36,37,39). The summed E-state index contributed by atoms with van der Waals surface area (Å²) in [5.41, 5.74) is 11.4. The Kier molecular flexibility index (Phi) is 12.0. The van der Waals surface area contributed by atoms with Crippen LogP contribution in [0.5, 0.6) is 5.75 Å². The molecule has 0 atom stereocenters. The van der Waals surface area contributed by atoms with Gasteiger partial charge in [-0.2, -0.15) is 0 Å². The van der Waals surface area contributed by atoms with Crippen LogP contribution >= 0.6 is 0 Å². The predicted octanol–water partition coefficient (Wildman–Crippen LogP) is 2.85. The Morgan fingerprint density at radius 1 is 1.06 bits per heavy atom. The second kappa shape index (κ2) is 16.6. The third kappa shape index (κ3) is 8.89. The molecule has 0 bridgehead atoms. The van der Waals surface area contributed by atoms with E-state index in [0.717, 1.165) is 75.7 Å². The number of carbonyl (C=O) groups is 2. The van der Waals surface area contributed by atoms with Crippen molar-refractivity contribution in [2.24, 2.45) is 5.73 Å². The first-order valence-corrected chi connectivity index (χ1v) is 16.5. The molecule has 2 saturated heterocycles. The van der Waals surface area contributed by atoms with Gasteiger partial charge in [0, 0.05) is 82.4 Å². The zero-order valence-electron chi connectivity index (χ0n) is 28.0. The first kappa shape index (κ1) is 34.8. The Hall–Kier alpha value is -4.50. The van der Waals surface area contributed by atoms with Crippen LogP contribution in [0.3, 0.4) is 0 Å². The number of ether oxygens (including phenoxy) is 2. The van der Waals surface area contributed by atoms with Crippen molar-refractivity contribution in [3.05, 3.63) is 65.0 Å². The molecule has 2 amide bonds. The molecular weight excluding hydrogens is 614 g/mol. The number of aromatic nitrogens is 2. The SMILES string of the molecule is CCc1nc(C(N)=O)c(Nc2ccc(N3CCN(CCN(C)Cc4ccc(C(=O)NO)cc4)CC3)c(OC)c2)nc1NC1CCOCC1. The second-order valence-corrected chi connectivity index (χ2v) is 12.2. The highest BCUT2D eigenvalue weighted by Crippen LogP contribution is 2.34. The van der Waals surface area contributed by atoms with Gasteiger partial charge in [0.1, 0.15) is 5.75 Å². The summed E-state index contributed by atoms with van der Waals surface area (Å²) in [4.78, 5) is 40.4. The minimum absolute atomic E-state index is 0.0965. The van der Waals surface area contributed by atoms with Crippen molar-refractivity contribution in [1.82, 2.24) is 25.2 Å². The van der Waals surface area contributed by atoms with Crippen LogP contribution in [0.2, 0.25) is 0 Å². The molecule has 0 aliphatic carbocycles. The fourth-order valence-electron chi connectivity index (χ4n) is 6.02. The topological polar surface area (TPSA) is 170 Å². The molecule has 3 aromatic rings. The van der Waals surface area contributed by atoms with Gasteiger partial charge in [0.05, 0.1) is 18.5 Å². The van der Waals surface area contributed by atoms with Gasteiger partial charge in [-0.1, -0.05) is 19.1 Å². The number of hydrogen-bond donors (Lipinski definition) is 5. The zero-order valence-corrected chi connectivity index (χ0v) is 28.0. The Morgan fingerprint density at radius 2 is 1.79 bits per heavy atom. The van der Waals surface area contributed by atoms with E-state index in [9.17, 15) is 9.59 Å². The molecule has 0 unspecified atom stereocenters. The number of hydroxylamine groups is 1. The van der Waals surface area contributed by atoms with Crippen molar-refractivity contribution in [2.75, 3.05) is 82.2 Å². The molecule has 2 aromatic carbocycles. The van der Waals surface area contributed by atoms with Gasteiger partial charge >= 0.3 is 0 Å². The lowest BCUT2D eigenvalue weighted by Crippen LogP contribution is -2.48. The zero-order chi connectivity index (χ0) is 34.0. The number of anilines is 4. The first-order valence-electron chi connectivity index (χ1n) is 16.5. The Labute approximate surface area is 281 Å². The number of piperazine rings is 1. The van der Waals surface area contributed by atoms with E-state index in [-0.39, 0.29) is 11.7 Å². The summed E-state index contributed by atoms with van der Waals surface area (Å²) in [7, 11) is 3.74. The molecule has 258 valence electrons. The fraction of sp³-hybridized carbons (Fsp3) is 0.471. The minimum atomic E-state index is -0.645. The van der Waals surface area contributed by atoms with Gasteiger partial charge in [0.2, 0.25) is 0 Å². The van der Waals surface area contributed by atoms with Gasteiger partial charge in [-0.3, -0.25) is 19.7 Å². The molecular formula is C34H47N9O5. The Morgan fingerprint density at radius 3 is 2.44 bits per heavy atom. The van der Waals surface area contributed by atoms with E-state index >= 15 is 0 Å². The van der Waals surface area contributed by atoms with Gasteiger partial charge in [-0.15, -0.1) is 0 Å². The largest absolute Gasteiger partial charge is 0.495 e. The number of carbonyl (C=O) groups excluding carboxylic acids is 2. The lowest BCUT2D eigenvalue weighted by atomic mass is 10.1. The Balaban J connectivity index is 1.18. The lowest BCUT2D eigenvalue weighted by Gasteiger charge is -2.37. The quantitative estimate of drug-likeness (QED) is 0.127. The fourth-order valence-corrected chi connectivity index (χ4v) is 6.02. The maximum absolute atomic E-state index is 12.4. The Bertz CT molecular complexity index is 1540. The van der Waals surface area contributed by atoms with E-state index in [4.69, 9.17) is 25.4 Å². The van der Waals surface area contributed by atoms with Crippen LogP contribution in [0.25, 0.3) is 0 Å². The summed E-state index contributed by atoms with van der Waals surface area (Å²) in [6.45, 7) is 9.55. The van der Waals surface area contributed by atoms with Crippen molar-refractivity contribution >= 4 is 34.8 Å². The molecule has 1 aromatic heterocycles. The lowest BCUT2D eigenvalue weighted by molar-refractivity contribution is 0.0706. The monoisotopic (exact) mass is 661 g/mol. The number of hydrogen-bond acceptors (Lipinski definition) is 12. The van der Waals surface area contributed by atoms with Crippen LogP contribution < -0.4 is 31.5 Å². The van der Waals surface area contributed by atoms with Crippen molar-refractivity contribution in [1.29, 1.82) is 0 Å². The number of nitrogens with one attached hydrogen (secondary N) is 3. The highest BCUT2D eigenvalue weighted by atomic mass is 16.5. The normalized spacial score (nSPS) is 15.7. The van der Waals surface area contributed by atoms with Crippen LogP contribution in [0.1, 0.15) is 51.9 Å². The van der Waals surface area contributed by atoms with Gasteiger partial charge < -0.3 is 35.6 Å². The highest BCUT2D eigenvalue weighted by molar-refractivity contribution is 5.96. The van der Waals surface area contributed by atoms with Gasteiger partial charge in [-0.25, -0.2) is 15.4 Å². The molecule has 48 heavy (non-hydrogen) atoms. The summed E-state index contributed by atoms with van der Waals surface area (Å²) < 4.78 is 11.3. The van der Waals surface area contributed by atoms with E-state index in [1.807, 2.05) is 37.3 Å². The molecule has 2 aliphatic rings. The minimum Gasteiger partial charge on any atom is -0.495 e. The van der Waals surface area contributed by atoms with Gasteiger partial charge in [-0.05, 0) is 56.1 Å². The summed E-state index contributed by atoms with van der Waals surface area (Å²) in [5.74, 6) is 0.503. The molecule has 2 aliphatic heterocycles. The molecule has 2 fully saturated rings. The molecule has 0 saturated carbocycles. The number of likely N-dealkylation sites (N-methyl/N-ethyl adjacent to an activating group) is 1. The maximum Gasteiger partial charge on any atom is 0.274 e. The van der Waals surface area contributed by atoms with E-state index in [2.05, 4.69) is 37.4 Å². The third-order valence-corrected chi connectivity index (χ3v) is 8.82. The molecule has 0 radical (unpaired) electrons. The summed E-state index contributed by atoms with van der Waals surface area (Å²) >= 11 is 0. The smallest absolute Gasteiger partial charge is 0.274 e. The van der Waals surface area contributed by atoms with Crippen LogP contribution in [-0.2, 0) is 17.7 Å². The molecule has 5 rings (SSSR count). The first-order chi connectivity index (χ1) is 23.3. The molecule has 0 spiro atoms. The second-order valence-electron chi connectivity index (χ2n) is 12.2. The number of amides is 2. The number of methoxy groups -OCH3 is 1. The maximum atomic E-state index is 12.4. The van der Waals surface area contributed by atoms with E-state index in [0.29, 0.717) is 48.2 Å².